The van der Waals surface area contributed by atoms with Crippen LogP contribution in [0.2, 0.25) is 0 Å². The molecule has 0 spiro atoms. The Balaban J connectivity index is 2.34. The number of ether oxygens (including phenoxy) is 1. The van der Waals surface area contributed by atoms with Crippen molar-refractivity contribution in [3.63, 3.8) is 0 Å². The SMILES string of the molecule is C=C(c1ccc(OCC)cc1)c1ccc(N)c(C)c1C. The number of nitrogen functional groups attached to an aromatic ring is 1. The molecule has 2 heteroatoms. The number of benzene rings is 2. The van der Waals surface area contributed by atoms with Crippen LogP contribution < -0.4 is 10.5 Å². The first-order valence-corrected chi connectivity index (χ1v) is 6.82. The maximum absolute atomic E-state index is 5.94. The van der Waals surface area contributed by atoms with E-state index < -0.39 is 0 Å². The minimum atomic E-state index is 0.677. The lowest BCUT2D eigenvalue weighted by molar-refractivity contribution is 0.340. The van der Waals surface area contributed by atoms with Gasteiger partial charge >= 0.3 is 0 Å². The summed E-state index contributed by atoms with van der Waals surface area (Å²) in [5.74, 6) is 0.884. The molecule has 20 heavy (non-hydrogen) atoms. The van der Waals surface area contributed by atoms with Crippen molar-refractivity contribution in [2.75, 3.05) is 12.3 Å². The van der Waals surface area contributed by atoms with Crippen LogP contribution in [0.15, 0.2) is 43.0 Å². The van der Waals surface area contributed by atoms with Crippen LogP contribution in [0.25, 0.3) is 5.57 Å². The summed E-state index contributed by atoms with van der Waals surface area (Å²) >= 11 is 0. The summed E-state index contributed by atoms with van der Waals surface area (Å²) in [6.07, 6.45) is 0. The molecule has 0 unspecified atom stereocenters. The van der Waals surface area contributed by atoms with Gasteiger partial charge in [0.25, 0.3) is 0 Å². The van der Waals surface area contributed by atoms with Crippen molar-refractivity contribution in [1.82, 2.24) is 0 Å². The Morgan fingerprint density at radius 1 is 1.05 bits per heavy atom. The average Bonchev–Trinajstić information content (AvgIpc) is 2.45. The Morgan fingerprint density at radius 2 is 1.70 bits per heavy atom. The first kappa shape index (κ1) is 14.2. The summed E-state index contributed by atoms with van der Waals surface area (Å²) in [5.41, 5.74) is 12.3. The van der Waals surface area contributed by atoms with E-state index in [1.807, 2.05) is 50.2 Å². The lowest BCUT2D eigenvalue weighted by atomic mass is 9.92. The molecule has 2 aromatic carbocycles. The van der Waals surface area contributed by atoms with Crippen LogP contribution >= 0.6 is 0 Å². The fraction of sp³-hybridized carbons (Fsp3) is 0.222. The van der Waals surface area contributed by atoms with Gasteiger partial charge < -0.3 is 10.5 Å². The van der Waals surface area contributed by atoms with Crippen molar-refractivity contribution in [2.24, 2.45) is 0 Å². The second-order valence-corrected chi connectivity index (χ2v) is 4.89. The lowest BCUT2D eigenvalue weighted by Crippen LogP contribution is -1.98. The predicted molar refractivity (Wildman–Crippen MR) is 86.1 cm³/mol. The van der Waals surface area contributed by atoms with Gasteiger partial charge in [0.2, 0.25) is 0 Å². The Bertz CT molecular complexity index is 627. The molecule has 0 radical (unpaired) electrons. The molecule has 0 aromatic heterocycles. The van der Waals surface area contributed by atoms with E-state index in [0.717, 1.165) is 33.7 Å². The van der Waals surface area contributed by atoms with Crippen molar-refractivity contribution in [3.8, 4) is 5.75 Å². The Labute approximate surface area is 120 Å². The van der Waals surface area contributed by atoms with Crippen LogP contribution in [0.3, 0.4) is 0 Å². The molecule has 2 N–H and O–H groups in total. The third-order valence-electron chi connectivity index (χ3n) is 3.67. The van der Waals surface area contributed by atoms with Crippen LogP contribution in [0.1, 0.15) is 29.2 Å². The zero-order valence-electron chi connectivity index (χ0n) is 12.4. The van der Waals surface area contributed by atoms with E-state index in [2.05, 4.69) is 13.5 Å². The summed E-state index contributed by atoms with van der Waals surface area (Å²) < 4.78 is 5.46. The van der Waals surface area contributed by atoms with E-state index in [4.69, 9.17) is 10.5 Å². The molecule has 0 heterocycles. The molecule has 2 aromatic rings. The van der Waals surface area contributed by atoms with E-state index >= 15 is 0 Å². The highest BCUT2D eigenvalue weighted by Crippen LogP contribution is 2.29. The summed E-state index contributed by atoms with van der Waals surface area (Å²) in [6.45, 7) is 11.0. The molecule has 0 saturated carbocycles. The van der Waals surface area contributed by atoms with Crippen molar-refractivity contribution >= 4 is 11.3 Å². The highest BCUT2D eigenvalue weighted by Gasteiger charge is 2.09. The Morgan fingerprint density at radius 3 is 2.30 bits per heavy atom. The van der Waals surface area contributed by atoms with E-state index in [9.17, 15) is 0 Å². The van der Waals surface area contributed by atoms with Gasteiger partial charge in [0, 0.05) is 5.69 Å². The van der Waals surface area contributed by atoms with Crippen molar-refractivity contribution in [1.29, 1.82) is 0 Å². The van der Waals surface area contributed by atoms with Gasteiger partial charge in [-0.2, -0.15) is 0 Å². The van der Waals surface area contributed by atoms with Crippen LogP contribution in [0, 0.1) is 13.8 Å². The van der Waals surface area contributed by atoms with Crippen molar-refractivity contribution in [3.05, 3.63) is 65.2 Å². The van der Waals surface area contributed by atoms with Gasteiger partial charge in [-0.05, 0) is 66.8 Å². The molecule has 0 bridgehead atoms. The second-order valence-electron chi connectivity index (χ2n) is 4.89. The minimum Gasteiger partial charge on any atom is -0.494 e. The first-order valence-electron chi connectivity index (χ1n) is 6.82. The van der Waals surface area contributed by atoms with E-state index in [1.165, 1.54) is 5.56 Å². The second kappa shape index (κ2) is 5.83. The minimum absolute atomic E-state index is 0.677. The predicted octanol–water partition coefficient (Wildman–Crippen LogP) is 4.35. The maximum atomic E-state index is 5.94. The molecule has 0 aliphatic heterocycles. The first-order chi connectivity index (χ1) is 9.54. The van der Waals surface area contributed by atoms with Gasteiger partial charge in [0.1, 0.15) is 5.75 Å². The monoisotopic (exact) mass is 267 g/mol. The zero-order chi connectivity index (χ0) is 14.7. The van der Waals surface area contributed by atoms with Gasteiger partial charge in [-0.15, -0.1) is 0 Å². The third-order valence-corrected chi connectivity index (χ3v) is 3.67. The molecule has 0 fully saturated rings. The fourth-order valence-electron chi connectivity index (χ4n) is 2.24. The van der Waals surface area contributed by atoms with Crippen LogP contribution in [0.4, 0.5) is 5.69 Å². The topological polar surface area (TPSA) is 35.2 Å². The normalized spacial score (nSPS) is 10.3. The molecule has 2 rings (SSSR count). The molecular formula is C18H21NO. The zero-order valence-corrected chi connectivity index (χ0v) is 12.4. The highest BCUT2D eigenvalue weighted by atomic mass is 16.5. The molecule has 0 aliphatic rings. The summed E-state index contributed by atoms with van der Waals surface area (Å²) in [5, 5.41) is 0. The Kier molecular flexibility index (Phi) is 4.14. The molecule has 0 saturated heterocycles. The van der Waals surface area contributed by atoms with Crippen LogP contribution in [-0.2, 0) is 0 Å². The van der Waals surface area contributed by atoms with Crippen LogP contribution in [-0.4, -0.2) is 6.61 Å². The standard InChI is InChI=1S/C18H21NO/c1-5-20-16-8-6-15(7-9-16)14(4)17-10-11-18(19)13(3)12(17)2/h6-11H,4-5,19H2,1-3H3. The van der Waals surface area contributed by atoms with Gasteiger partial charge in [-0.25, -0.2) is 0 Å². The molecule has 0 amide bonds. The summed E-state index contributed by atoms with van der Waals surface area (Å²) in [6, 6.07) is 12.0. The Hall–Kier alpha value is -2.22. The average molecular weight is 267 g/mol. The fourth-order valence-corrected chi connectivity index (χ4v) is 2.24. The maximum Gasteiger partial charge on any atom is 0.119 e. The van der Waals surface area contributed by atoms with E-state index in [0.29, 0.717) is 6.61 Å². The van der Waals surface area contributed by atoms with E-state index in [-0.39, 0.29) is 0 Å². The highest BCUT2D eigenvalue weighted by molar-refractivity contribution is 5.81. The summed E-state index contributed by atoms with van der Waals surface area (Å²) in [4.78, 5) is 0. The number of rotatable bonds is 4. The van der Waals surface area contributed by atoms with Crippen LogP contribution in [0.5, 0.6) is 5.75 Å². The lowest BCUT2D eigenvalue weighted by Gasteiger charge is -2.14. The van der Waals surface area contributed by atoms with Crippen molar-refractivity contribution in [2.45, 2.75) is 20.8 Å². The summed E-state index contributed by atoms with van der Waals surface area (Å²) in [7, 11) is 0. The number of hydrogen-bond acceptors (Lipinski definition) is 2. The number of nitrogens with two attached hydrogens (primary N) is 1. The molecule has 0 aliphatic carbocycles. The largest absolute Gasteiger partial charge is 0.494 e. The molecular weight excluding hydrogens is 246 g/mol. The van der Waals surface area contributed by atoms with Gasteiger partial charge in [0.05, 0.1) is 6.61 Å². The number of hydrogen-bond donors (Lipinski definition) is 1. The molecule has 0 atom stereocenters. The smallest absolute Gasteiger partial charge is 0.119 e. The van der Waals surface area contributed by atoms with Gasteiger partial charge in [-0.3, -0.25) is 0 Å². The molecule has 2 nitrogen and oxygen atoms in total. The molecule has 104 valence electrons. The quantitative estimate of drug-likeness (QED) is 0.836. The third kappa shape index (κ3) is 2.69. The van der Waals surface area contributed by atoms with Gasteiger partial charge in [-0.1, -0.05) is 24.8 Å². The van der Waals surface area contributed by atoms with Crippen molar-refractivity contribution < 1.29 is 4.74 Å². The van der Waals surface area contributed by atoms with Gasteiger partial charge in [0.15, 0.2) is 0 Å². The number of anilines is 1. The van der Waals surface area contributed by atoms with E-state index in [1.54, 1.807) is 0 Å².